The Morgan fingerprint density at radius 2 is 1.28 bits per heavy atom. The molecule has 36 heavy (non-hydrogen) atoms. The van der Waals surface area contributed by atoms with Gasteiger partial charge in [0.15, 0.2) is 0 Å². The van der Waals surface area contributed by atoms with Gasteiger partial charge in [-0.1, -0.05) is 29.1 Å². The fourth-order valence-electron chi connectivity index (χ4n) is 4.04. The Labute approximate surface area is 214 Å². The van der Waals surface area contributed by atoms with Crippen LogP contribution in [0.3, 0.4) is 0 Å². The van der Waals surface area contributed by atoms with Gasteiger partial charge in [-0.25, -0.2) is 19.9 Å². The van der Waals surface area contributed by atoms with Crippen molar-refractivity contribution >= 4 is 44.8 Å². The maximum Gasteiger partial charge on any atom is 0.232 e. The van der Waals surface area contributed by atoms with E-state index in [1.807, 2.05) is 0 Å². The van der Waals surface area contributed by atoms with Crippen molar-refractivity contribution < 1.29 is 9.59 Å². The van der Waals surface area contributed by atoms with Crippen LogP contribution in [0.25, 0.3) is 0 Å². The first-order chi connectivity index (χ1) is 17.6. The number of nitrogens with one attached hydrogen (secondary N) is 2. The predicted molar refractivity (Wildman–Crippen MR) is 132 cm³/mol. The van der Waals surface area contributed by atoms with Crippen LogP contribution in [-0.2, 0) is 22.4 Å². The monoisotopic (exact) mass is 522 g/mol. The fraction of sp³-hybridized carbons (Fsp3) is 0.364. The average Bonchev–Trinajstić information content (AvgIpc) is 3.55. The molecule has 184 valence electrons. The molecule has 2 N–H and O–H groups in total. The molecular formula is C22H22N10O2S2. The molecule has 0 unspecified atom stereocenters. The Kier molecular flexibility index (Phi) is 7.52. The highest BCUT2D eigenvalue weighted by Gasteiger charge is 2.29. The zero-order valence-corrected chi connectivity index (χ0v) is 20.7. The van der Waals surface area contributed by atoms with Crippen molar-refractivity contribution in [3.63, 3.8) is 0 Å². The standard InChI is InChI=1S/C22H22N10O2S2/c33-17(9-15-4-6-23-11-25-15)27-21-31-29-19(35-21)13-2-1-3-14(8-13)20-30-32-22(36-20)28-18(34)10-16-5-7-24-12-26-16/h4-7,11-14H,1-3,8-10H2,(H,27,31,33)(H,28,32,34)/t13-,14-/m0/s1. The van der Waals surface area contributed by atoms with Crippen LogP contribution in [0.4, 0.5) is 10.3 Å². The van der Waals surface area contributed by atoms with E-state index in [1.165, 1.54) is 35.3 Å². The molecule has 0 aromatic carbocycles. The first-order valence-electron chi connectivity index (χ1n) is 11.4. The van der Waals surface area contributed by atoms with Crippen molar-refractivity contribution in [3.05, 3.63) is 58.6 Å². The molecule has 2 atom stereocenters. The lowest BCUT2D eigenvalue weighted by Crippen LogP contribution is -2.15. The van der Waals surface area contributed by atoms with Crippen LogP contribution in [0.5, 0.6) is 0 Å². The van der Waals surface area contributed by atoms with E-state index >= 15 is 0 Å². The number of hydrogen-bond acceptors (Lipinski definition) is 12. The van der Waals surface area contributed by atoms with Crippen LogP contribution in [0.15, 0.2) is 37.2 Å². The molecule has 0 aliphatic heterocycles. The molecule has 4 aromatic rings. The van der Waals surface area contributed by atoms with E-state index in [0.29, 0.717) is 21.7 Å². The van der Waals surface area contributed by atoms with Crippen LogP contribution in [-0.4, -0.2) is 52.1 Å². The van der Waals surface area contributed by atoms with Crippen LogP contribution in [0, 0.1) is 0 Å². The van der Waals surface area contributed by atoms with Gasteiger partial charge in [0.2, 0.25) is 22.1 Å². The second-order valence-electron chi connectivity index (χ2n) is 8.30. The summed E-state index contributed by atoms with van der Waals surface area (Å²) in [5.41, 5.74) is 1.29. The Bertz CT molecular complexity index is 1210. The van der Waals surface area contributed by atoms with E-state index in [-0.39, 0.29) is 36.5 Å². The molecule has 1 saturated carbocycles. The van der Waals surface area contributed by atoms with Crippen LogP contribution in [0.2, 0.25) is 0 Å². The fourth-order valence-corrected chi connectivity index (χ4v) is 5.85. The van der Waals surface area contributed by atoms with E-state index in [9.17, 15) is 9.59 Å². The summed E-state index contributed by atoms with van der Waals surface area (Å²) in [6.07, 6.45) is 10.2. The zero-order chi connectivity index (χ0) is 24.7. The highest BCUT2D eigenvalue weighted by molar-refractivity contribution is 7.15. The maximum absolute atomic E-state index is 12.3. The van der Waals surface area contributed by atoms with Crippen molar-refractivity contribution in [3.8, 4) is 0 Å². The summed E-state index contributed by atoms with van der Waals surface area (Å²) in [5, 5.41) is 25.4. The largest absolute Gasteiger partial charge is 0.300 e. The van der Waals surface area contributed by atoms with Gasteiger partial charge < -0.3 is 10.6 Å². The van der Waals surface area contributed by atoms with Gasteiger partial charge in [0.25, 0.3) is 0 Å². The zero-order valence-electron chi connectivity index (χ0n) is 19.1. The molecule has 0 radical (unpaired) electrons. The van der Waals surface area contributed by atoms with E-state index in [1.54, 1.807) is 24.5 Å². The Hall–Kier alpha value is -3.78. The van der Waals surface area contributed by atoms with Gasteiger partial charge in [0.05, 0.1) is 24.2 Å². The third-order valence-corrected chi connectivity index (χ3v) is 7.72. The summed E-state index contributed by atoms with van der Waals surface area (Å²) in [4.78, 5) is 40.5. The minimum Gasteiger partial charge on any atom is -0.300 e. The lowest BCUT2D eigenvalue weighted by molar-refractivity contribution is -0.116. The topological polar surface area (TPSA) is 161 Å². The predicted octanol–water partition coefficient (Wildman–Crippen LogP) is 2.77. The molecule has 2 amide bonds. The molecular weight excluding hydrogens is 500 g/mol. The van der Waals surface area contributed by atoms with Gasteiger partial charge in [0.1, 0.15) is 22.7 Å². The number of nitrogens with zero attached hydrogens (tertiary/aromatic N) is 8. The number of aromatic nitrogens is 8. The molecule has 4 aromatic heterocycles. The normalized spacial score (nSPS) is 17.4. The number of anilines is 2. The summed E-state index contributed by atoms with van der Waals surface area (Å²) in [5.74, 6) is 0.0732. The third-order valence-electron chi connectivity index (χ3n) is 5.72. The van der Waals surface area contributed by atoms with Gasteiger partial charge in [-0.05, 0) is 31.4 Å². The summed E-state index contributed by atoms with van der Waals surface area (Å²) >= 11 is 2.81. The average molecular weight is 523 g/mol. The molecule has 5 rings (SSSR count). The number of carbonyl (C=O) groups excluding carboxylic acids is 2. The molecule has 0 bridgehead atoms. The van der Waals surface area contributed by atoms with E-state index < -0.39 is 0 Å². The maximum atomic E-state index is 12.3. The highest BCUT2D eigenvalue weighted by atomic mass is 32.1. The minimum absolute atomic E-state index is 0.151. The van der Waals surface area contributed by atoms with Crippen molar-refractivity contribution in [1.82, 2.24) is 40.3 Å². The summed E-state index contributed by atoms with van der Waals surface area (Å²) in [6.45, 7) is 0. The highest BCUT2D eigenvalue weighted by Crippen LogP contribution is 2.43. The molecule has 1 aliphatic carbocycles. The van der Waals surface area contributed by atoms with Crippen molar-refractivity contribution in [2.24, 2.45) is 0 Å². The van der Waals surface area contributed by atoms with E-state index in [0.717, 1.165) is 35.7 Å². The van der Waals surface area contributed by atoms with Crippen LogP contribution >= 0.6 is 22.7 Å². The van der Waals surface area contributed by atoms with Gasteiger partial charge in [-0.15, -0.1) is 20.4 Å². The van der Waals surface area contributed by atoms with Crippen LogP contribution in [0.1, 0.15) is 58.9 Å². The molecule has 0 spiro atoms. The number of rotatable bonds is 8. The SMILES string of the molecule is O=C(Cc1ccncn1)Nc1nnc([C@H]2CCC[C@H](c3nnc(NC(=O)Cc4ccncn4)s3)C2)s1. The molecule has 0 saturated heterocycles. The van der Waals surface area contributed by atoms with Crippen molar-refractivity contribution in [2.45, 2.75) is 50.4 Å². The van der Waals surface area contributed by atoms with Crippen molar-refractivity contribution in [2.75, 3.05) is 10.6 Å². The summed E-state index contributed by atoms with van der Waals surface area (Å²) in [6, 6.07) is 3.41. The smallest absolute Gasteiger partial charge is 0.232 e. The molecule has 12 nitrogen and oxygen atoms in total. The molecule has 1 aliphatic rings. The number of carbonyl (C=O) groups is 2. The first kappa shape index (κ1) is 23.9. The van der Waals surface area contributed by atoms with Gasteiger partial charge in [-0.3, -0.25) is 9.59 Å². The lowest BCUT2D eigenvalue weighted by atomic mass is 9.82. The lowest BCUT2D eigenvalue weighted by Gasteiger charge is -2.25. The van der Waals surface area contributed by atoms with Gasteiger partial charge in [-0.2, -0.15) is 0 Å². The second-order valence-corrected chi connectivity index (χ2v) is 10.3. The number of amides is 2. The quantitative estimate of drug-likeness (QED) is 0.352. The molecule has 1 fully saturated rings. The van der Waals surface area contributed by atoms with Gasteiger partial charge in [0, 0.05) is 24.2 Å². The molecule has 4 heterocycles. The summed E-state index contributed by atoms with van der Waals surface area (Å²) in [7, 11) is 0. The summed E-state index contributed by atoms with van der Waals surface area (Å²) < 4.78 is 0. The van der Waals surface area contributed by atoms with Gasteiger partial charge >= 0.3 is 0 Å². The first-order valence-corrected chi connectivity index (χ1v) is 13.0. The Morgan fingerprint density at radius 3 is 1.72 bits per heavy atom. The minimum atomic E-state index is -0.193. The Morgan fingerprint density at radius 1 is 0.778 bits per heavy atom. The number of hydrogen-bond donors (Lipinski definition) is 2. The second kappa shape index (κ2) is 11.3. The van der Waals surface area contributed by atoms with E-state index in [2.05, 4.69) is 51.0 Å². The van der Waals surface area contributed by atoms with Crippen molar-refractivity contribution in [1.29, 1.82) is 0 Å². The van der Waals surface area contributed by atoms with E-state index in [4.69, 9.17) is 0 Å². The molecule has 14 heteroatoms. The Balaban J connectivity index is 1.15. The van der Waals surface area contributed by atoms with Crippen LogP contribution < -0.4 is 10.6 Å². The third kappa shape index (κ3) is 6.26.